The minimum atomic E-state index is 0.0598. The number of benzene rings is 1. The van der Waals surface area contributed by atoms with Crippen molar-refractivity contribution >= 4 is 17.6 Å². The normalized spacial score (nSPS) is 17.3. The Morgan fingerprint density at radius 3 is 2.59 bits per heavy atom. The van der Waals surface area contributed by atoms with Crippen molar-refractivity contribution in [1.29, 1.82) is 0 Å². The third-order valence-corrected chi connectivity index (χ3v) is 4.80. The number of aliphatic imine (C=N–C) groups is 1. The first kappa shape index (κ1) is 21.1. The van der Waals surface area contributed by atoms with E-state index in [9.17, 15) is 4.79 Å². The van der Waals surface area contributed by atoms with E-state index in [1.54, 1.807) is 0 Å². The van der Waals surface area contributed by atoms with E-state index in [4.69, 9.17) is 4.99 Å². The lowest BCUT2D eigenvalue weighted by Gasteiger charge is -2.20. The molecular weight excluding hydrogens is 338 g/mol. The maximum absolute atomic E-state index is 12.1. The second-order valence-electron chi connectivity index (χ2n) is 7.64. The zero-order valence-electron chi connectivity index (χ0n) is 17.5. The molecule has 1 aromatic carbocycles. The van der Waals surface area contributed by atoms with Crippen LogP contribution in [0.15, 0.2) is 29.3 Å². The Morgan fingerprint density at radius 1 is 1.30 bits per heavy atom. The molecule has 150 valence electrons. The molecule has 27 heavy (non-hydrogen) atoms. The van der Waals surface area contributed by atoms with Crippen molar-refractivity contribution in [3.63, 3.8) is 0 Å². The number of rotatable bonds is 7. The Hall–Kier alpha value is -2.24. The molecule has 0 saturated carbocycles. The van der Waals surface area contributed by atoms with E-state index in [1.807, 2.05) is 32.8 Å². The minimum Gasteiger partial charge on any atom is -0.378 e. The van der Waals surface area contributed by atoms with Crippen LogP contribution >= 0.6 is 0 Å². The molecule has 1 saturated heterocycles. The molecule has 0 bridgehead atoms. The van der Waals surface area contributed by atoms with E-state index in [-0.39, 0.29) is 17.9 Å². The second-order valence-corrected chi connectivity index (χ2v) is 7.64. The topological polar surface area (TPSA) is 60.0 Å². The quantitative estimate of drug-likeness (QED) is 0.568. The molecule has 0 spiro atoms. The van der Waals surface area contributed by atoms with Crippen LogP contribution in [0.4, 0.5) is 5.69 Å². The van der Waals surface area contributed by atoms with Gasteiger partial charge in [0.05, 0.1) is 0 Å². The summed E-state index contributed by atoms with van der Waals surface area (Å²) in [5.74, 6) is 1.14. The van der Waals surface area contributed by atoms with Gasteiger partial charge in [0.25, 0.3) is 0 Å². The summed E-state index contributed by atoms with van der Waals surface area (Å²) in [5, 5.41) is 6.80. The van der Waals surface area contributed by atoms with E-state index in [0.717, 1.165) is 45.0 Å². The Balaban J connectivity index is 1.86. The van der Waals surface area contributed by atoms with Crippen LogP contribution in [0, 0.1) is 5.92 Å². The highest BCUT2D eigenvalue weighted by atomic mass is 16.2. The first-order chi connectivity index (χ1) is 12.9. The average molecular weight is 374 g/mol. The van der Waals surface area contributed by atoms with Gasteiger partial charge in [0, 0.05) is 57.9 Å². The van der Waals surface area contributed by atoms with Crippen LogP contribution in [0.1, 0.15) is 32.8 Å². The summed E-state index contributed by atoms with van der Waals surface area (Å²) in [5.41, 5.74) is 2.49. The number of nitrogens with zero attached hydrogens (tertiary/aromatic N) is 3. The predicted molar refractivity (Wildman–Crippen MR) is 113 cm³/mol. The van der Waals surface area contributed by atoms with Gasteiger partial charge >= 0.3 is 0 Å². The Kier molecular flexibility index (Phi) is 7.95. The third-order valence-electron chi connectivity index (χ3n) is 4.80. The lowest BCUT2D eigenvalue weighted by Crippen LogP contribution is -2.45. The first-order valence-corrected chi connectivity index (χ1v) is 10.0. The Labute approximate surface area is 164 Å². The van der Waals surface area contributed by atoms with Gasteiger partial charge in [-0.05, 0) is 37.5 Å². The van der Waals surface area contributed by atoms with Gasteiger partial charge in [-0.2, -0.15) is 0 Å². The summed E-state index contributed by atoms with van der Waals surface area (Å²) in [6, 6.07) is 8.88. The summed E-state index contributed by atoms with van der Waals surface area (Å²) in [6.45, 7) is 9.13. The van der Waals surface area contributed by atoms with Crippen LogP contribution in [-0.2, 0) is 11.2 Å². The van der Waals surface area contributed by atoms with Gasteiger partial charge in [0.2, 0.25) is 5.91 Å². The highest BCUT2D eigenvalue weighted by Gasteiger charge is 2.27. The summed E-state index contributed by atoms with van der Waals surface area (Å²) < 4.78 is 0. The van der Waals surface area contributed by atoms with Gasteiger partial charge in [-0.1, -0.05) is 26.0 Å². The van der Waals surface area contributed by atoms with Crippen LogP contribution in [-0.4, -0.2) is 63.1 Å². The van der Waals surface area contributed by atoms with Gasteiger partial charge in [0.1, 0.15) is 0 Å². The maximum atomic E-state index is 12.1. The number of hydrogen-bond acceptors (Lipinski definition) is 3. The maximum Gasteiger partial charge on any atom is 0.225 e. The molecule has 2 rings (SSSR count). The van der Waals surface area contributed by atoms with Gasteiger partial charge in [-0.15, -0.1) is 0 Å². The average Bonchev–Trinajstić information content (AvgIpc) is 3.10. The molecule has 1 fully saturated rings. The molecule has 0 radical (unpaired) electrons. The fourth-order valence-corrected chi connectivity index (χ4v) is 3.21. The number of guanidine groups is 1. The van der Waals surface area contributed by atoms with Crippen LogP contribution in [0.3, 0.4) is 0 Å². The predicted octanol–water partition coefficient (Wildman–Crippen LogP) is 2.11. The molecule has 6 nitrogen and oxygen atoms in total. The van der Waals surface area contributed by atoms with Crippen molar-refractivity contribution < 1.29 is 4.79 Å². The third kappa shape index (κ3) is 6.45. The monoisotopic (exact) mass is 373 g/mol. The van der Waals surface area contributed by atoms with E-state index < -0.39 is 0 Å². The number of anilines is 1. The standard InChI is InChI=1S/C21H35N5O/c1-6-22-21(24-18-12-14-26(15-18)20(27)16(2)3)23-13-11-17-7-9-19(10-8-17)25(4)5/h7-10,16,18H,6,11-15H2,1-5H3,(H2,22,23,24). The highest BCUT2D eigenvalue weighted by Crippen LogP contribution is 2.14. The summed E-state index contributed by atoms with van der Waals surface area (Å²) in [4.78, 5) is 20.9. The summed E-state index contributed by atoms with van der Waals surface area (Å²) in [6.07, 6.45) is 1.88. The Bertz CT molecular complexity index is 624. The lowest BCUT2D eigenvalue weighted by atomic mass is 10.1. The van der Waals surface area contributed by atoms with Gasteiger partial charge < -0.3 is 20.4 Å². The van der Waals surface area contributed by atoms with E-state index >= 15 is 0 Å². The summed E-state index contributed by atoms with van der Waals surface area (Å²) >= 11 is 0. The molecule has 1 aromatic rings. The molecule has 1 unspecified atom stereocenters. The zero-order chi connectivity index (χ0) is 19.8. The van der Waals surface area contributed by atoms with E-state index in [0.29, 0.717) is 0 Å². The zero-order valence-corrected chi connectivity index (χ0v) is 17.5. The van der Waals surface area contributed by atoms with Crippen LogP contribution in [0.5, 0.6) is 0 Å². The smallest absolute Gasteiger partial charge is 0.225 e. The summed E-state index contributed by atoms with van der Waals surface area (Å²) in [7, 11) is 4.10. The van der Waals surface area contributed by atoms with Crippen LogP contribution in [0.25, 0.3) is 0 Å². The molecule has 1 aliphatic heterocycles. The second kappa shape index (κ2) is 10.2. The van der Waals surface area contributed by atoms with Crippen molar-refractivity contribution in [3.8, 4) is 0 Å². The number of carbonyl (C=O) groups excluding carboxylic acids is 1. The molecule has 0 aromatic heterocycles. The minimum absolute atomic E-state index is 0.0598. The van der Waals surface area contributed by atoms with E-state index in [1.165, 1.54) is 11.3 Å². The van der Waals surface area contributed by atoms with Crippen molar-refractivity contribution in [2.45, 2.75) is 39.7 Å². The fourth-order valence-electron chi connectivity index (χ4n) is 3.21. The number of amides is 1. The molecule has 1 amide bonds. The van der Waals surface area contributed by atoms with Gasteiger partial charge in [-0.3, -0.25) is 9.79 Å². The molecule has 1 atom stereocenters. The van der Waals surface area contributed by atoms with Crippen molar-refractivity contribution in [1.82, 2.24) is 15.5 Å². The van der Waals surface area contributed by atoms with Crippen LogP contribution in [0.2, 0.25) is 0 Å². The first-order valence-electron chi connectivity index (χ1n) is 10.0. The Morgan fingerprint density at radius 2 is 2.00 bits per heavy atom. The number of nitrogens with one attached hydrogen (secondary N) is 2. The van der Waals surface area contributed by atoms with Crippen molar-refractivity contribution in [2.24, 2.45) is 10.9 Å². The molecule has 1 aliphatic rings. The molecule has 2 N–H and O–H groups in total. The molecule has 1 heterocycles. The van der Waals surface area contributed by atoms with Gasteiger partial charge in [-0.25, -0.2) is 0 Å². The highest BCUT2D eigenvalue weighted by molar-refractivity contribution is 5.81. The van der Waals surface area contributed by atoms with Crippen molar-refractivity contribution in [2.75, 3.05) is 45.2 Å². The SMILES string of the molecule is CCNC(=NCCc1ccc(N(C)C)cc1)NC1CCN(C(=O)C(C)C)C1. The van der Waals surface area contributed by atoms with Crippen molar-refractivity contribution in [3.05, 3.63) is 29.8 Å². The van der Waals surface area contributed by atoms with Crippen LogP contribution < -0.4 is 15.5 Å². The largest absolute Gasteiger partial charge is 0.378 e. The number of carbonyl (C=O) groups is 1. The molecular formula is C21H35N5O. The van der Waals surface area contributed by atoms with E-state index in [2.05, 4.69) is 46.7 Å². The number of hydrogen-bond donors (Lipinski definition) is 2. The van der Waals surface area contributed by atoms with Gasteiger partial charge in [0.15, 0.2) is 5.96 Å². The number of likely N-dealkylation sites (tertiary alicyclic amines) is 1. The lowest BCUT2D eigenvalue weighted by molar-refractivity contribution is -0.133. The molecule has 0 aliphatic carbocycles. The molecule has 6 heteroatoms. The fraction of sp³-hybridized carbons (Fsp3) is 0.619.